The van der Waals surface area contributed by atoms with E-state index in [0.717, 1.165) is 0 Å². The maximum absolute atomic E-state index is 9.83. The zero-order chi connectivity index (χ0) is 11.3. The summed E-state index contributed by atoms with van der Waals surface area (Å²) in [5, 5.41) is 10.4. The monoisotopic (exact) mass is 224 g/mol. The molecule has 0 aliphatic heterocycles. The highest BCUT2D eigenvalue weighted by Crippen LogP contribution is 2.29. The number of ether oxygens (including phenoxy) is 1. The van der Waals surface area contributed by atoms with E-state index in [1.165, 1.54) is 0 Å². The van der Waals surface area contributed by atoms with Crippen LogP contribution in [0.25, 0.3) is 0 Å². The Kier molecular flexibility index (Phi) is 4.48. The van der Waals surface area contributed by atoms with Gasteiger partial charge in [0.25, 0.3) is 0 Å². The van der Waals surface area contributed by atoms with Crippen molar-refractivity contribution in [3.05, 3.63) is 28.8 Å². The Morgan fingerprint density at radius 1 is 1.53 bits per heavy atom. The number of benzene rings is 1. The van der Waals surface area contributed by atoms with E-state index in [2.05, 4.69) is 11.8 Å². The minimum Gasteiger partial charge on any atom is -0.496 e. The first kappa shape index (κ1) is 11.9. The highest BCUT2D eigenvalue weighted by atomic mass is 35.5. The van der Waals surface area contributed by atoms with Gasteiger partial charge < -0.3 is 9.84 Å². The van der Waals surface area contributed by atoms with E-state index in [1.807, 2.05) is 0 Å². The minimum atomic E-state index is -0.635. The molecule has 0 radical (unpaired) electrons. The lowest BCUT2D eigenvalue weighted by atomic mass is 10.1. The molecule has 0 amide bonds. The van der Waals surface area contributed by atoms with Gasteiger partial charge in [-0.3, -0.25) is 0 Å². The standard InChI is InChI=1S/C12H13ClO2/c1-3-4-5-11(14)10-7-6-9(13)8-12(10)15-2/h6-8,11,14H,5H2,1-2H3. The molecular formula is C12H13ClO2. The minimum absolute atomic E-state index is 0.397. The topological polar surface area (TPSA) is 29.5 Å². The van der Waals surface area contributed by atoms with E-state index >= 15 is 0 Å². The normalized spacial score (nSPS) is 11.5. The van der Waals surface area contributed by atoms with Crippen LogP contribution in [0.3, 0.4) is 0 Å². The van der Waals surface area contributed by atoms with Crippen molar-refractivity contribution < 1.29 is 9.84 Å². The Hall–Kier alpha value is -1.17. The third-order valence-electron chi connectivity index (χ3n) is 2.03. The van der Waals surface area contributed by atoms with Crippen LogP contribution in [0.2, 0.25) is 5.02 Å². The SMILES string of the molecule is CC#CCC(O)c1ccc(Cl)cc1OC. The van der Waals surface area contributed by atoms with Gasteiger partial charge in [-0.2, -0.15) is 0 Å². The summed E-state index contributed by atoms with van der Waals surface area (Å²) in [7, 11) is 1.55. The molecule has 1 aromatic rings. The number of hydrogen-bond donors (Lipinski definition) is 1. The third-order valence-corrected chi connectivity index (χ3v) is 2.26. The predicted molar refractivity (Wildman–Crippen MR) is 61.0 cm³/mol. The summed E-state index contributed by atoms with van der Waals surface area (Å²) in [6.07, 6.45) is -0.237. The second-order valence-corrected chi connectivity index (χ2v) is 3.47. The fourth-order valence-electron chi connectivity index (χ4n) is 1.27. The highest BCUT2D eigenvalue weighted by molar-refractivity contribution is 6.30. The van der Waals surface area contributed by atoms with Gasteiger partial charge in [0.05, 0.1) is 13.2 Å². The van der Waals surface area contributed by atoms with Crippen molar-refractivity contribution in [2.75, 3.05) is 7.11 Å². The summed E-state index contributed by atoms with van der Waals surface area (Å²) in [4.78, 5) is 0. The van der Waals surface area contributed by atoms with Crippen LogP contribution in [0.1, 0.15) is 25.0 Å². The Labute approximate surface area is 94.8 Å². The summed E-state index contributed by atoms with van der Waals surface area (Å²) in [5.74, 6) is 6.15. The molecule has 1 rings (SSSR count). The summed E-state index contributed by atoms with van der Waals surface area (Å²) in [6, 6.07) is 5.16. The molecular weight excluding hydrogens is 212 g/mol. The first-order chi connectivity index (χ1) is 7.19. The van der Waals surface area contributed by atoms with E-state index in [0.29, 0.717) is 22.8 Å². The van der Waals surface area contributed by atoms with Crippen molar-refractivity contribution in [1.82, 2.24) is 0 Å². The van der Waals surface area contributed by atoms with Gasteiger partial charge in [0.15, 0.2) is 0 Å². The molecule has 0 heterocycles. The molecule has 1 atom stereocenters. The number of aliphatic hydroxyl groups is 1. The van der Waals surface area contributed by atoms with Crippen LogP contribution in [0, 0.1) is 11.8 Å². The maximum atomic E-state index is 9.83. The van der Waals surface area contributed by atoms with Gasteiger partial charge in [0.1, 0.15) is 5.75 Å². The van der Waals surface area contributed by atoms with Gasteiger partial charge >= 0.3 is 0 Å². The van der Waals surface area contributed by atoms with E-state index in [-0.39, 0.29) is 0 Å². The molecule has 80 valence electrons. The zero-order valence-corrected chi connectivity index (χ0v) is 9.51. The fourth-order valence-corrected chi connectivity index (χ4v) is 1.43. The lowest BCUT2D eigenvalue weighted by Crippen LogP contribution is -1.99. The Morgan fingerprint density at radius 2 is 2.27 bits per heavy atom. The summed E-state index contributed by atoms with van der Waals surface area (Å²) < 4.78 is 5.13. The Bertz CT molecular complexity index is 390. The molecule has 1 unspecified atom stereocenters. The second kappa shape index (κ2) is 5.65. The molecule has 1 aromatic carbocycles. The molecule has 0 bridgehead atoms. The highest BCUT2D eigenvalue weighted by Gasteiger charge is 2.12. The van der Waals surface area contributed by atoms with Crippen molar-refractivity contribution in [2.45, 2.75) is 19.4 Å². The van der Waals surface area contributed by atoms with Crippen LogP contribution >= 0.6 is 11.6 Å². The second-order valence-electron chi connectivity index (χ2n) is 3.03. The van der Waals surface area contributed by atoms with Gasteiger partial charge in [0.2, 0.25) is 0 Å². The van der Waals surface area contributed by atoms with Gasteiger partial charge in [-0.25, -0.2) is 0 Å². The molecule has 3 heteroatoms. The lowest BCUT2D eigenvalue weighted by Gasteiger charge is -2.12. The maximum Gasteiger partial charge on any atom is 0.126 e. The quantitative estimate of drug-likeness (QED) is 0.801. The first-order valence-electron chi connectivity index (χ1n) is 4.60. The van der Waals surface area contributed by atoms with Crippen LogP contribution in [-0.4, -0.2) is 12.2 Å². The van der Waals surface area contributed by atoms with Crippen LogP contribution in [0.4, 0.5) is 0 Å². The molecule has 0 saturated heterocycles. The summed E-state index contributed by atoms with van der Waals surface area (Å²) in [5.41, 5.74) is 0.713. The van der Waals surface area contributed by atoms with Crippen LogP contribution < -0.4 is 4.74 Å². The molecule has 0 aromatic heterocycles. The van der Waals surface area contributed by atoms with E-state index in [1.54, 1.807) is 32.2 Å². The number of halogens is 1. The largest absolute Gasteiger partial charge is 0.496 e. The number of methoxy groups -OCH3 is 1. The first-order valence-corrected chi connectivity index (χ1v) is 4.98. The smallest absolute Gasteiger partial charge is 0.126 e. The van der Waals surface area contributed by atoms with E-state index < -0.39 is 6.10 Å². The van der Waals surface area contributed by atoms with Gasteiger partial charge in [0, 0.05) is 17.0 Å². The molecule has 0 fully saturated rings. The average Bonchev–Trinajstić information content (AvgIpc) is 2.25. The predicted octanol–water partition coefficient (Wildman–Crippen LogP) is 2.80. The molecule has 2 nitrogen and oxygen atoms in total. The molecule has 0 saturated carbocycles. The molecule has 15 heavy (non-hydrogen) atoms. The molecule has 0 aliphatic carbocycles. The van der Waals surface area contributed by atoms with Crippen LogP contribution in [0.15, 0.2) is 18.2 Å². The zero-order valence-electron chi connectivity index (χ0n) is 8.75. The Balaban J connectivity index is 2.95. The lowest BCUT2D eigenvalue weighted by molar-refractivity contribution is 0.179. The summed E-state index contributed by atoms with van der Waals surface area (Å²) in [6.45, 7) is 1.74. The number of hydrogen-bond acceptors (Lipinski definition) is 2. The van der Waals surface area contributed by atoms with Crippen molar-refractivity contribution in [3.63, 3.8) is 0 Å². The molecule has 0 spiro atoms. The number of aliphatic hydroxyl groups excluding tert-OH is 1. The molecule has 0 aliphatic rings. The van der Waals surface area contributed by atoms with Gasteiger partial charge in [-0.05, 0) is 19.1 Å². The van der Waals surface area contributed by atoms with Gasteiger partial charge in [-0.1, -0.05) is 17.7 Å². The van der Waals surface area contributed by atoms with Crippen LogP contribution in [-0.2, 0) is 0 Å². The van der Waals surface area contributed by atoms with E-state index in [9.17, 15) is 5.11 Å². The summed E-state index contributed by atoms with van der Waals surface area (Å²) >= 11 is 5.82. The third kappa shape index (κ3) is 3.16. The Morgan fingerprint density at radius 3 is 2.87 bits per heavy atom. The van der Waals surface area contributed by atoms with Crippen molar-refractivity contribution in [3.8, 4) is 17.6 Å². The van der Waals surface area contributed by atoms with Gasteiger partial charge in [-0.15, -0.1) is 11.8 Å². The van der Waals surface area contributed by atoms with Crippen molar-refractivity contribution in [2.24, 2.45) is 0 Å². The van der Waals surface area contributed by atoms with Crippen LogP contribution in [0.5, 0.6) is 5.75 Å². The fraction of sp³-hybridized carbons (Fsp3) is 0.333. The van der Waals surface area contributed by atoms with E-state index in [4.69, 9.17) is 16.3 Å². The van der Waals surface area contributed by atoms with Crippen molar-refractivity contribution in [1.29, 1.82) is 0 Å². The average molecular weight is 225 g/mol. The van der Waals surface area contributed by atoms with Crippen molar-refractivity contribution >= 4 is 11.6 Å². The number of rotatable bonds is 3. The molecule has 1 N–H and O–H groups in total.